The summed E-state index contributed by atoms with van der Waals surface area (Å²) in [6.07, 6.45) is 0.935. The molecule has 4 heteroatoms. The fraction of sp³-hybridized carbons (Fsp3) is 0.438. The lowest BCUT2D eigenvalue weighted by Crippen LogP contribution is -2.31. The zero-order valence-electron chi connectivity index (χ0n) is 12.0. The van der Waals surface area contributed by atoms with Crippen LogP contribution in [0, 0.1) is 0 Å². The molecule has 0 aliphatic carbocycles. The summed E-state index contributed by atoms with van der Waals surface area (Å²) >= 11 is 0. The Morgan fingerprint density at radius 3 is 2.95 bits per heavy atom. The Balaban J connectivity index is 2.25. The number of hydrogen-bond donors (Lipinski definition) is 1. The monoisotopic (exact) mass is 272 g/mol. The van der Waals surface area contributed by atoms with Gasteiger partial charge in [0.1, 0.15) is 11.3 Å². The van der Waals surface area contributed by atoms with E-state index in [0.29, 0.717) is 0 Å². The van der Waals surface area contributed by atoms with Crippen LogP contribution in [0.25, 0.3) is 10.9 Å². The number of nitrogens with zero attached hydrogens (tertiary/aromatic N) is 2. The molecule has 0 atom stereocenters. The van der Waals surface area contributed by atoms with Crippen molar-refractivity contribution in [1.82, 2.24) is 9.88 Å². The third kappa shape index (κ3) is 2.05. The molecule has 0 spiro atoms. The van der Waals surface area contributed by atoms with Gasteiger partial charge in [-0.05, 0) is 23.7 Å². The van der Waals surface area contributed by atoms with Crippen molar-refractivity contribution in [3.8, 4) is 5.75 Å². The maximum Gasteiger partial charge on any atom is 0.145 e. The fourth-order valence-electron chi connectivity index (χ4n) is 3.00. The summed E-state index contributed by atoms with van der Waals surface area (Å²) in [6, 6.07) is 5.89. The molecule has 1 aromatic heterocycles. The number of aliphatic hydroxyl groups is 1. The number of ether oxygens (including phenoxy) is 1. The van der Waals surface area contributed by atoms with Crippen LogP contribution in [0.4, 0.5) is 0 Å². The third-order valence-corrected chi connectivity index (χ3v) is 4.16. The number of aromatic nitrogens is 1. The molecule has 20 heavy (non-hydrogen) atoms. The number of pyridine rings is 1. The second-order valence-electron chi connectivity index (χ2n) is 5.15. The molecule has 1 aliphatic rings. The van der Waals surface area contributed by atoms with E-state index in [9.17, 15) is 5.11 Å². The molecular weight excluding hydrogens is 252 g/mol. The molecule has 0 fully saturated rings. The highest BCUT2D eigenvalue weighted by Crippen LogP contribution is 2.32. The fourth-order valence-corrected chi connectivity index (χ4v) is 3.00. The first-order chi connectivity index (χ1) is 9.78. The van der Waals surface area contributed by atoms with Crippen molar-refractivity contribution in [2.45, 2.75) is 26.5 Å². The van der Waals surface area contributed by atoms with Crippen molar-refractivity contribution < 1.29 is 9.84 Å². The number of rotatable bonds is 3. The molecule has 2 heterocycles. The minimum Gasteiger partial charge on any atom is -0.494 e. The van der Waals surface area contributed by atoms with Gasteiger partial charge in [0.2, 0.25) is 0 Å². The summed E-state index contributed by atoms with van der Waals surface area (Å²) in [6.45, 7) is 5.15. The number of hydrogen-bond acceptors (Lipinski definition) is 4. The average Bonchev–Trinajstić information content (AvgIpc) is 2.51. The standard InChI is InChI=1S/C16H20N2O2/c1-3-18-8-7-14-12(9-18)13(10-19)11-5-4-6-15(20-2)16(11)17-14/h4-6,19H,3,7-10H2,1-2H3. The smallest absolute Gasteiger partial charge is 0.145 e. The molecule has 1 aliphatic heterocycles. The molecule has 3 rings (SSSR count). The summed E-state index contributed by atoms with van der Waals surface area (Å²) < 4.78 is 5.41. The van der Waals surface area contributed by atoms with Gasteiger partial charge in [-0.3, -0.25) is 4.90 Å². The summed E-state index contributed by atoms with van der Waals surface area (Å²) in [5, 5.41) is 10.8. The minimum absolute atomic E-state index is 0.0477. The van der Waals surface area contributed by atoms with Gasteiger partial charge in [0, 0.05) is 30.6 Å². The predicted molar refractivity (Wildman–Crippen MR) is 78.9 cm³/mol. The second-order valence-corrected chi connectivity index (χ2v) is 5.15. The van der Waals surface area contributed by atoms with Crippen molar-refractivity contribution in [2.75, 3.05) is 20.2 Å². The Bertz CT molecular complexity index is 640. The highest BCUT2D eigenvalue weighted by atomic mass is 16.5. The highest BCUT2D eigenvalue weighted by molar-refractivity contribution is 5.88. The largest absolute Gasteiger partial charge is 0.494 e. The molecule has 0 saturated carbocycles. The van der Waals surface area contributed by atoms with Crippen LogP contribution in [0.1, 0.15) is 23.7 Å². The van der Waals surface area contributed by atoms with E-state index in [4.69, 9.17) is 9.72 Å². The molecule has 106 valence electrons. The third-order valence-electron chi connectivity index (χ3n) is 4.16. The van der Waals surface area contributed by atoms with Crippen molar-refractivity contribution in [3.63, 3.8) is 0 Å². The van der Waals surface area contributed by atoms with Gasteiger partial charge in [-0.15, -0.1) is 0 Å². The van der Waals surface area contributed by atoms with Crippen molar-refractivity contribution in [2.24, 2.45) is 0 Å². The van der Waals surface area contributed by atoms with E-state index < -0.39 is 0 Å². The summed E-state index contributed by atoms with van der Waals surface area (Å²) in [4.78, 5) is 7.19. The van der Waals surface area contributed by atoms with Gasteiger partial charge in [-0.1, -0.05) is 19.1 Å². The van der Waals surface area contributed by atoms with Gasteiger partial charge in [0.05, 0.1) is 13.7 Å². The van der Waals surface area contributed by atoms with Crippen LogP contribution in [0.15, 0.2) is 18.2 Å². The average molecular weight is 272 g/mol. The zero-order chi connectivity index (χ0) is 14.1. The van der Waals surface area contributed by atoms with Gasteiger partial charge >= 0.3 is 0 Å². The van der Waals surface area contributed by atoms with Gasteiger partial charge in [-0.25, -0.2) is 4.98 Å². The maximum atomic E-state index is 9.83. The van der Waals surface area contributed by atoms with Gasteiger partial charge < -0.3 is 9.84 Å². The van der Waals surface area contributed by atoms with Crippen LogP contribution in [0.3, 0.4) is 0 Å². The van der Waals surface area contributed by atoms with Crippen molar-refractivity contribution >= 4 is 10.9 Å². The Labute approximate surface area is 119 Å². The Hall–Kier alpha value is -1.65. The van der Waals surface area contributed by atoms with E-state index >= 15 is 0 Å². The van der Waals surface area contributed by atoms with Crippen LogP contribution in [-0.2, 0) is 19.6 Å². The van der Waals surface area contributed by atoms with E-state index in [1.54, 1.807) is 7.11 Å². The van der Waals surface area contributed by atoms with Crippen LogP contribution in [0.5, 0.6) is 5.75 Å². The predicted octanol–water partition coefficient (Wildman–Crippen LogP) is 2.11. The number of para-hydroxylation sites is 1. The summed E-state index contributed by atoms with van der Waals surface area (Å²) in [5.74, 6) is 0.776. The van der Waals surface area contributed by atoms with E-state index in [1.807, 2.05) is 18.2 Å². The van der Waals surface area contributed by atoms with Gasteiger partial charge in [0.15, 0.2) is 0 Å². The molecular formula is C16H20N2O2. The Morgan fingerprint density at radius 1 is 1.40 bits per heavy atom. The molecule has 0 unspecified atom stereocenters. The molecule has 4 nitrogen and oxygen atoms in total. The lowest BCUT2D eigenvalue weighted by molar-refractivity contribution is 0.252. The van der Waals surface area contributed by atoms with E-state index in [0.717, 1.165) is 54.0 Å². The number of methoxy groups -OCH3 is 1. The first-order valence-corrected chi connectivity index (χ1v) is 7.09. The molecule has 0 saturated heterocycles. The number of fused-ring (bicyclic) bond motifs is 2. The first kappa shape index (κ1) is 13.3. The van der Waals surface area contributed by atoms with Gasteiger partial charge in [0.25, 0.3) is 0 Å². The lowest BCUT2D eigenvalue weighted by atomic mass is 9.96. The molecule has 0 radical (unpaired) electrons. The van der Waals surface area contributed by atoms with E-state index in [-0.39, 0.29) is 6.61 Å². The van der Waals surface area contributed by atoms with Crippen LogP contribution in [0.2, 0.25) is 0 Å². The Morgan fingerprint density at radius 2 is 2.25 bits per heavy atom. The van der Waals surface area contributed by atoms with E-state index in [1.165, 1.54) is 5.56 Å². The molecule has 2 aromatic rings. The summed E-state index contributed by atoms with van der Waals surface area (Å²) in [7, 11) is 1.66. The zero-order valence-corrected chi connectivity index (χ0v) is 12.0. The van der Waals surface area contributed by atoms with E-state index in [2.05, 4.69) is 11.8 Å². The minimum atomic E-state index is 0.0477. The van der Waals surface area contributed by atoms with Crippen LogP contribution in [-0.4, -0.2) is 35.2 Å². The highest BCUT2D eigenvalue weighted by Gasteiger charge is 2.22. The van der Waals surface area contributed by atoms with Gasteiger partial charge in [-0.2, -0.15) is 0 Å². The number of likely N-dealkylation sites (N-methyl/N-ethyl adjacent to an activating group) is 1. The maximum absolute atomic E-state index is 9.83. The van der Waals surface area contributed by atoms with Crippen molar-refractivity contribution in [3.05, 3.63) is 35.0 Å². The SMILES string of the molecule is CCN1CCc2nc3c(OC)cccc3c(CO)c2C1. The topological polar surface area (TPSA) is 45.6 Å². The number of benzene rings is 1. The normalized spacial score (nSPS) is 15.3. The van der Waals surface area contributed by atoms with Crippen molar-refractivity contribution in [1.29, 1.82) is 0 Å². The molecule has 0 amide bonds. The number of aliphatic hydroxyl groups excluding tert-OH is 1. The quantitative estimate of drug-likeness (QED) is 0.929. The molecule has 1 aromatic carbocycles. The van der Waals surface area contributed by atoms with Crippen LogP contribution >= 0.6 is 0 Å². The lowest BCUT2D eigenvalue weighted by Gasteiger charge is -2.29. The second kappa shape index (κ2) is 5.38. The summed E-state index contributed by atoms with van der Waals surface area (Å²) in [5.41, 5.74) is 4.17. The van der Waals surface area contributed by atoms with Crippen LogP contribution < -0.4 is 4.74 Å². The molecule has 1 N–H and O–H groups in total. The first-order valence-electron chi connectivity index (χ1n) is 7.09. The molecule has 0 bridgehead atoms. The Kier molecular flexibility index (Phi) is 3.59.